The van der Waals surface area contributed by atoms with Gasteiger partial charge in [-0.15, -0.1) is 0 Å². The summed E-state index contributed by atoms with van der Waals surface area (Å²) >= 11 is 0. The lowest BCUT2D eigenvalue weighted by atomic mass is 10.2. The van der Waals surface area contributed by atoms with Gasteiger partial charge in [-0.05, 0) is 24.6 Å². The second kappa shape index (κ2) is 7.24. The van der Waals surface area contributed by atoms with Crippen LogP contribution in [0.5, 0.6) is 11.5 Å². The van der Waals surface area contributed by atoms with Gasteiger partial charge in [-0.3, -0.25) is 0 Å². The SMILES string of the molecule is COc1ccc(N/C=C(\C)N)cc1OCc1ccccc1. The molecule has 2 aromatic carbocycles. The van der Waals surface area contributed by atoms with E-state index in [0.29, 0.717) is 23.8 Å². The summed E-state index contributed by atoms with van der Waals surface area (Å²) in [5, 5.41) is 3.11. The van der Waals surface area contributed by atoms with Crippen LogP contribution in [0, 0.1) is 0 Å². The number of ether oxygens (including phenoxy) is 2. The molecule has 0 radical (unpaired) electrons. The lowest BCUT2D eigenvalue weighted by molar-refractivity contribution is 0.284. The third-order valence-corrected chi connectivity index (χ3v) is 2.87. The van der Waals surface area contributed by atoms with Crippen LogP contribution in [0.25, 0.3) is 0 Å². The Morgan fingerprint density at radius 1 is 1.14 bits per heavy atom. The first-order valence-electron chi connectivity index (χ1n) is 6.72. The van der Waals surface area contributed by atoms with Crippen LogP contribution in [0.1, 0.15) is 12.5 Å². The number of anilines is 1. The van der Waals surface area contributed by atoms with Crippen molar-refractivity contribution < 1.29 is 9.47 Å². The molecule has 4 nitrogen and oxygen atoms in total. The first-order valence-corrected chi connectivity index (χ1v) is 6.72. The molecular formula is C17H20N2O2. The van der Waals surface area contributed by atoms with E-state index >= 15 is 0 Å². The quantitative estimate of drug-likeness (QED) is 0.852. The van der Waals surface area contributed by atoms with Crippen LogP contribution < -0.4 is 20.5 Å². The van der Waals surface area contributed by atoms with Crippen LogP contribution in [0.15, 0.2) is 60.4 Å². The van der Waals surface area contributed by atoms with Crippen LogP contribution >= 0.6 is 0 Å². The predicted molar refractivity (Wildman–Crippen MR) is 85.3 cm³/mol. The zero-order chi connectivity index (χ0) is 15.1. The Morgan fingerprint density at radius 2 is 1.90 bits per heavy atom. The topological polar surface area (TPSA) is 56.5 Å². The summed E-state index contributed by atoms with van der Waals surface area (Å²) in [6, 6.07) is 15.7. The molecule has 110 valence electrons. The van der Waals surface area contributed by atoms with Gasteiger partial charge in [-0.2, -0.15) is 0 Å². The standard InChI is InChI=1S/C17H20N2O2/c1-13(18)11-19-15-8-9-16(20-2)17(10-15)21-12-14-6-4-3-5-7-14/h3-11,19H,12,18H2,1-2H3/b13-11+. The maximum atomic E-state index is 5.84. The molecule has 0 fully saturated rings. The molecule has 0 bridgehead atoms. The molecule has 0 amide bonds. The number of benzene rings is 2. The van der Waals surface area contributed by atoms with E-state index in [0.717, 1.165) is 11.3 Å². The Balaban J connectivity index is 2.12. The highest BCUT2D eigenvalue weighted by molar-refractivity contribution is 5.56. The molecule has 2 rings (SSSR count). The van der Waals surface area contributed by atoms with E-state index in [1.807, 2.05) is 55.5 Å². The molecule has 0 spiro atoms. The number of nitrogens with two attached hydrogens (primary N) is 1. The highest BCUT2D eigenvalue weighted by Crippen LogP contribution is 2.30. The van der Waals surface area contributed by atoms with Crippen molar-refractivity contribution in [3.63, 3.8) is 0 Å². The van der Waals surface area contributed by atoms with Crippen molar-refractivity contribution in [1.82, 2.24) is 0 Å². The van der Waals surface area contributed by atoms with Crippen molar-refractivity contribution in [2.24, 2.45) is 5.73 Å². The Kier molecular flexibility index (Phi) is 5.10. The lowest BCUT2D eigenvalue weighted by Gasteiger charge is -2.12. The van der Waals surface area contributed by atoms with E-state index in [-0.39, 0.29) is 0 Å². The van der Waals surface area contributed by atoms with Crippen LogP contribution in [-0.2, 0) is 6.61 Å². The molecule has 0 aliphatic heterocycles. The molecular weight excluding hydrogens is 264 g/mol. The lowest BCUT2D eigenvalue weighted by Crippen LogP contribution is -2.00. The van der Waals surface area contributed by atoms with E-state index in [4.69, 9.17) is 15.2 Å². The van der Waals surface area contributed by atoms with Gasteiger partial charge in [0, 0.05) is 23.7 Å². The number of hydrogen-bond donors (Lipinski definition) is 2. The number of nitrogens with one attached hydrogen (secondary N) is 1. The summed E-state index contributed by atoms with van der Waals surface area (Å²) in [7, 11) is 1.63. The Labute approximate surface area is 125 Å². The first-order chi connectivity index (χ1) is 10.2. The molecule has 21 heavy (non-hydrogen) atoms. The van der Waals surface area contributed by atoms with Gasteiger partial charge in [-0.25, -0.2) is 0 Å². The number of allylic oxidation sites excluding steroid dienone is 1. The highest BCUT2D eigenvalue weighted by Gasteiger charge is 2.06. The smallest absolute Gasteiger partial charge is 0.163 e. The van der Waals surface area contributed by atoms with E-state index in [2.05, 4.69) is 5.32 Å². The Hall–Kier alpha value is -2.62. The van der Waals surface area contributed by atoms with Gasteiger partial charge in [0.05, 0.1) is 7.11 Å². The summed E-state index contributed by atoms with van der Waals surface area (Å²) in [6.07, 6.45) is 1.74. The summed E-state index contributed by atoms with van der Waals surface area (Å²) in [4.78, 5) is 0. The fraction of sp³-hybridized carbons (Fsp3) is 0.176. The summed E-state index contributed by atoms with van der Waals surface area (Å²) < 4.78 is 11.2. The maximum absolute atomic E-state index is 5.84. The second-order valence-corrected chi connectivity index (χ2v) is 4.67. The first kappa shape index (κ1) is 14.8. The molecule has 0 aliphatic rings. The largest absolute Gasteiger partial charge is 0.493 e. The van der Waals surface area contributed by atoms with Crippen molar-refractivity contribution in [2.45, 2.75) is 13.5 Å². The fourth-order valence-electron chi connectivity index (χ4n) is 1.81. The molecule has 4 heteroatoms. The number of rotatable bonds is 6. The normalized spacial score (nSPS) is 11.0. The minimum Gasteiger partial charge on any atom is -0.493 e. The van der Waals surface area contributed by atoms with Crippen molar-refractivity contribution in [2.75, 3.05) is 12.4 Å². The van der Waals surface area contributed by atoms with Gasteiger partial charge < -0.3 is 20.5 Å². The summed E-state index contributed by atoms with van der Waals surface area (Å²) in [5.41, 5.74) is 8.32. The molecule has 3 N–H and O–H groups in total. The summed E-state index contributed by atoms with van der Waals surface area (Å²) in [6.45, 7) is 2.32. The average Bonchev–Trinajstić information content (AvgIpc) is 2.52. The molecule has 0 aromatic heterocycles. The molecule has 0 saturated heterocycles. The molecule has 0 aliphatic carbocycles. The van der Waals surface area contributed by atoms with E-state index in [1.54, 1.807) is 13.3 Å². The van der Waals surface area contributed by atoms with Crippen molar-refractivity contribution in [3.8, 4) is 11.5 Å². The third kappa shape index (κ3) is 4.45. The molecule has 0 unspecified atom stereocenters. The van der Waals surface area contributed by atoms with Crippen LogP contribution in [0.2, 0.25) is 0 Å². The third-order valence-electron chi connectivity index (χ3n) is 2.87. The number of hydrogen-bond acceptors (Lipinski definition) is 4. The van der Waals surface area contributed by atoms with Gasteiger partial charge in [-0.1, -0.05) is 30.3 Å². The van der Waals surface area contributed by atoms with Gasteiger partial charge in [0.15, 0.2) is 11.5 Å². The van der Waals surface area contributed by atoms with Crippen molar-refractivity contribution >= 4 is 5.69 Å². The van der Waals surface area contributed by atoms with E-state index in [9.17, 15) is 0 Å². The molecule has 0 saturated carbocycles. The molecule has 0 heterocycles. The fourth-order valence-corrected chi connectivity index (χ4v) is 1.81. The average molecular weight is 284 g/mol. The minimum absolute atomic E-state index is 0.492. The molecule has 2 aromatic rings. The Bertz CT molecular complexity index is 605. The van der Waals surface area contributed by atoms with E-state index in [1.165, 1.54) is 0 Å². The van der Waals surface area contributed by atoms with E-state index < -0.39 is 0 Å². The van der Waals surface area contributed by atoms with Gasteiger partial charge in [0.1, 0.15) is 6.61 Å². The van der Waals surface area contributed by atoms with Crippen LogP contribution in [-0.4, -0.2) is 7.11 Å². The van der Waals surface area contributed by atoms with Gasteiger partial charge in [0.2, 0.25) is 0 Å². The zero-order valence-electron chi connectivity index (χ0n) is 12.3. The van der Waals surface area contributed by atoms with Gasteiger partial charge in [0.25, 0.3) is 0 Å². The monoisotopic (exact) mass is 284 g/mol. The second-order valence-electron chi connectivity index (χ2n) is 4.67. The van der Waals surface area contributed by atoms with Gasteiger partial charge >= 0.3 is 0 Å². The number of methoxy groups -OCH3 is 1. The molecule has 0 atom stereocenters. The summed E-state index contributed by atoms with van der Waals surface area (Å²) in [5.74, 6) is 1.39. The Morgan fingerprint density at radius 3 is 2.57 bits per heavy atom. The van der Waals surface area contributed by atoms with Crippen LogP contribution in [0.4, 0.5) is 5.69 Å². The predicted octanol–water partition coefficient (Wildman–Crippen LogP) is 3.51. The minimum atomic E-state index is 0.492. The maximum Gasteiger partial charge on any atom is 0.163 e. The van der Waals surface area contributed by atoms with Crippen molar-refractivity contribution in [1.29, 1.82) is 0 Å². The highest BCUT2D eigenvalue weighted by atomic mass is 16.5. The van der Waals surface area contributed by atoms with Crippen molar-refractivity contribution in [3.05, 3.63) is 66.0 Å². The van der Waals surface area contributed by atoms with Crippen LogP contribution in [0.3, 0.4) is 0 Å². The zero-order valence-corrected chi connectivity index (χ0v) is 12.3.